The molecule has 1 fully saturated rings. The van der Waals surface area contributed by atoms with Crippen molar-refractivity contribution in [3.05, 3.63) is 40.4 Å². The molecule has 10 heteroatoms. The number of hydrogen-bond donors (Lipinski definition) is 1. The Balaban J connectivity index is 1.50. The van der Waals surface area contributed by atoms with Crippen molar-refractivity contribution < 1.29 is 18.0 Å². The fourth-order valence-corrected chi connectivity index (χ4v) is 5.32. The lowest BCUT2D eigenvalue weighted by atomic mass is 10.2. The van der Waals surface area contributed by atoms with Crippen LogP contribution in [0, 0.1) is 0 Å². The van der Waals surface area contributed by atoms with E-state index in [2.05, 4.69) is 5.32 Å². The van der Waals surface area contributed by atoms with Crippen LogP contribution in [0.4, 0.5) is 0 Å². The first-order valence-electron chi connectivity index (χ1n) is 8.32. The molecular formula is C17H19N3O4S3. The molecule has 1 saturated heterocycles. The summed E-state index contributed by atoms with van der Waals surface area (Å²) in [7, 11) is -1.30. The van der Waals surface area contributed by atoms with Gasteiger partial charge in [0.25, 0.3) is 5.91 Å². The summed E-state index contributed by atoms with van der Waals surface area (Å²) in [6.45, 7) is 0.349. The van der Waals surface area contributed by atoms with Crippen LogP contribution >= 0.6 is 24.0 Å². The SMILES string of the molecule is Cn1cccc1C=C1SC(=S)N(CCCC(=O)NC2C=CS(=O)(=O)C2)C1=O. The van der Waals surface area contributed by atoms with Gasteiger partial charge in [0.15, 0.2) is 9.84 Å². The average Bonchev–Trinajstić information content (AvgIpc) is 3.22. The second-order valence-electron chi connectivity index (χ2n) is 6.31. The third-order valence-electron chi connectivity index (χ3n) is 4.20. The molecule has 1 atom stereocenters. The summed E-state index contributed by atoms with van der Waals surface area (Å²) < 4.78 is 25.1. The van der Waals surface area contributed by atoms with E-state index in [0.717, 1.165) is 11.1 Å². The van der Waals surface area contributed by atoms with Crippen LogP contribution in [0.3, 0.4) is 0 Å². The van der Waals surface area contributed by atoms with Gasteiger partial charge in [-0.15, -0.1) is 0 Å². The number of carbonyl (C=O) groups excluding carboxylic acids is 2. The Morgan fingerprint density at radius 2 is 2.26 bits per heavy atom. The molecule has 3 rings (SSSR count). The molecule has 2 amide bonds. The quantitative estimate of drug-likeness (QED) is 0.548. The van der Waals surface area contributed by atoms with E-state index in [1.807, 2.05) is 29.9 Å². The zero-order valence-electron chi connectivity index (χ0n) is 14.6. The van der Waals surface area contributed by atoms with E-state index in [1.165, 1.54) is 22.7 Å². The minimum Gasteiger partial charge on any atom is -0.351 e. The summed E-state index contributed by atoms with van der Waals surface area (Å²) in [5.74, 6) is -0.500. The lowest BCUT2D eigenvalue weighted by molar-refractivity contribution is -0.124. The number of thiocarbonyl (C=S) groups is 1. The van der Waals surface area contributed by atoms with Crippen LogP contribution in [0.15, 0.2) is 34.7 Å². The van der Waals surface area contributed by atoms with E-state index < -0.39 is 15.9 Å². The van der Waals surface area contributed by atoms with Crippen LogP contribution in [-0.4, -0.2) is 52.4 Å². The number of aryl methyl sites for hydroxylation is 1. The molecule has 7 nitrogen and oxygen atoms in total. The molecule has 0 aromatic carbocycles. The van der Waals surface area contributed by atoms with Gasteiger partial charge in [-0.3, -0.25) is 14.5 Å². The van der Waals surface area contributed by atoms with Gasteiger partial charge in [-0.1, -0.05) is 24.0 Å². The fraction of sp³-hybridized carbons (Fsp3) is 0.353. The minimum atomic E-state index is -3.20. The largest absolute Gasteiger partial charge is 0.351 e. The van der Waals surface area contributed by atoms with Crippen molar-refractivity contribution in [2.45, 2.75) is 18.9 Å². The van der Waals surface area contributed by atoms with Gasteiger partial charge in [0.1, 0.15) is 4.32 Å². The summed E-state index contributed by atoms with van der Waals surface area (Å²) in [4.78, 5) is 26.6. The molecule has 2 aliphatic rings. The summed E-state index contributed by atoms with van der Waals surface area (Å²) >= 11 is 6.54. The Morgan fingerprint density at radius 1 is 1.48 bits per heavy atom. The van der Waals surface area contributed by atoms with E-state index in [4.69, 9.17) is 12.2 Å². The second-order valence-corrected chi connectivity index (χ2v) is 9.92. The number of nitrogens with one attached hydrogen (secondary N) is 1. The number of thioether (sulfide) groups is 1. The predicted octanol–water partition coefficient (Wildman–Crippen LogP) is 1.43. The molecular weight excluding hydrogens is 406 g/mol. The van der Waals surface area contributed by atoms with E-state index >= 15 is 0 Å². The molecule has 0 saturated carbocycles. The van der Waals surface area contributed by atoms with Crippen molar-refractivity contribution in [1.29, 1.82) is 0 Å². The number of nitrogens with zero attached hydrogens (tertiary/aromatic N) is 2. The maximum absolute atomic E-state index is 12.5. The van der Waals surface area contributed by atoms with E-state index in [1.54, 1.807) is 6.08 Å². The Labute approximate surface area is 167 Å². The monoisotopic (exact) mass is 425 g/mol. The van der Waals surface area contributed by atoms with Gasteiger partial charge in [0, 0.05) is 37.3 Å². The highest BCUT2D eigenvalue weighted by Gasteiger charge is 2.32. The van der Waals surface area contributed by atoms with Crippen LogP contribution < -0.4 is 5.32 Å². The van der Waals surface area contributed by atoms with Crippen LogP contribution in [0.25, 0.3) is 6.08 Å². The minimum absolute atomic E-state index is 0.0998. The Morgan fingerprint density at radius 3 is 2.89 bits per heavy atom. The van der Waals surface area contributed by atoms with Crippen LogP contribution in [-0.2, 0) is 26.5 Å². The number of carbonyl (C=O) groups is 2. The fourth-order valence-electron chi connectivity index (χ4n) is 2.79. The molecule has 1 aromatic heterocycles. The highest BCUT2D eigenvalue weighted by Crippen LogP contribution is 2.32. The number of hydrogen-bond acceptors (Lipinski definition) is 6. The van der Waals surface area contributed by atoms with Crippen molar-refractivity contribution in [3.63, 3.8) is 0 Å². The van der Waals surface area contributed by atoms with Gasteiger partial charge in [0.2, 0.25) is 5.91 Å². The van der Waals surface area contributed by atoms with Crippen LogP contribution in [0.5, 0.6) is 0 Å². The molecule has 1 aromatic rings. The first kappa shape index (κ1) is 19.8. The molecule has 27 heavy (non-hydrogen) atoms. The zero-order valence-corrected chi connectivity index (χ0v) is 17.1. The highest BCUT2D eigenvalue weighted by atomic mass is 32.2. The molecule has 144 valence electrons. The summed E-state index contributed by atoms with van der Waals surface area (Å²) in [6, 6.07) is 3.33. The Kier molecular flexibility index (Phi) is 5.87. The average molecular weight is 426 g/mol. The third kappa shape index (κ3) is 4.88. The van der Waals surface area contributed by atoms with Crippen molar-refractivity contribution in [1.82, 2.24) is 14.8 Å². The van der Waals surface area contributed by atoms with Gasteiger partial charge >= 0.3 is 0 Å². The van der Waals surface area contributed by atoms with E-state index in [0.29, 0.717) is 22.2 Å². The van der Waals surface area contributed by atoms with Crippen molar-refractivity contribution in [3.8, 4) is 0 Å². The standard InChI is InChI=1S/C17H19N3O4S3/c1-19-7-2-4-13(19)10-14-16(22)20(17(25)26-14)8-3-5-15(21)18-12-6-9-27(23,24)11-12/h2,4,6-7,9-10,12H,3,5,8,11H2,1H3,(H,18,21). The van der Waals surface area contributed by atoms with Gasteiger partial charge in [0.05, 0.1) is 16.7 Å². The topological polar surface area (TPSA) is 88.5 Å². The normalized spacial score (nSPS) is 22.8. The van der Waals surface area contributed by atoms with Crippen LogP contribution in [0.2, 0.25) is 0 Å². The lowest BCUT2D eigenvalue weighted by Gasteiger charge is -2.15. The maximum Gasteiger partial charge on any atom is 0.266 e. The second kappa shape index (κ2) is 7.99. The van der Waals surface area contributed by atoms with Crippen LogP contribution in [0.1, 0.15) is 18.5 Å². The highest BCUT2D eigenvalue weighted by molar-refractivity contribution is 8.26. The third-order valence-corrected chi connectivity index (χ3v) is 6.97. The number of amides is 2. The summed E-state index contributed by atoms with van der Waals surface area (Å²) in [5, 5.41) is 3.79. The molecule has 0 bridgehead atoms. The first-order valence-corrected chi connectivity index (χ1v) is 11.3. The molecule has 0 aliphatic carbocycles. The summed E-state index contributed by atoms with van der Waals surface area (Å²) in [6.07, 6.45) is 5.82. The van der Waals surface area contributed by atoms with Crippen molar-refractivity contribution >= 4 is 56.0 Å². The van der Waals surface area contributed by atoms with Gasteiger partial charge in [-0.05, 0) is 30.7 Å². The molecule has 1 unspecified atom stereocenters. The van der Waals surface area contributed by atoms with Gasteiger partial charge in [-0.25, -0.2) is 8.42 Å². The molecule has 0 spiro atoms. The lowest BCUT2D eigenvalue weighted by Crippen LogP contribution is -2.36. The predicted molar refractivity (Wildman–Crippen MR) is 109 cm³/mol. The smallest absolute Gasteiger partial charge is 0.266 e. The molecule has 2 aliphatic heterocycles. The molecule has 1 N–H and O–H groups in total. The van der Waals surface area contributed by atoms with E-state index in [-0.39, 0.29) is 24.0 Å². The molecule has 0 radical (unpaired) electrons. The number of aromatic nitrogens is 1. The Hall–Kier alpha value is -1.91. The summed E-state index contributed by atoms with van der Waals surface area (Å²) in [5.41, 5.74) is 0.912. The van der Waals surface area contributed by atoms with E-state index in [9.17, 15) is 18.0 Å². The molecule has 3 heterocycles. The maximum atomic E-state index is 12.5. The number of rotatable bonds is 6. The van der Waals surface area contributed by atoms with Gasteiger partial charge < -0.3 is 9.88 Å². The van der Waals surface area contributed by atoms with Gasteiger partial charge in [-0.2, -0.15) is 0 Å². The van der Waals surface area contributed by atoms with Crippen molar-refractivity contribution in [2.75, 3.05) is 12.3 Å². The Bertz CT molecular complexity index is 946. The zero-order chi connectivity index (χ0) is 19.6. The first-order chi connectivity index (χ1) is 12.7. The number of sulfone groups is 1. The van der Waals surface area contributed by atoms with Crippen molar-refractivity contribution in [2.24, 2.45) is 7.05 Å².